The Morgan fingerprint density at radius 3 is 2.15 bits per heavy atom. The topological polar surface area (TPSA) is 46.2 Å². The van der Waals surface area contributed by atoms with Gasteiger partial charge in [-0.05, 0) is 48.9 Å². The first kappa shape index (κ1) is 18.2. The fourth-order valence-electron chi connectivity index (χ4n) is 2.62. The Labute approximate surface area is 161 Å². The average Bonchev–Trinajstić information content (AvgIpc) is 2.63. The number of carbonyl (C=O) groups excluding carboxylic acids is 2. The van der Waals surface area contributed by atoms with E-state index < -0.39 is 0 Å². The number of benzene rings is 3. The summed E-state index contributed by atoms with van der Waals surface area (Å²) in [7, 11) is 0. The Bertz CT molecular complexity index is 999. The average molecular weight is 384 g/mol. The van der Waals surface area contributed by atoms with Crippen LogP contribution in [0.5, 0.6) is 0 Å². The molecule has 3 aromatic rings. The standard InChI is InChI=1S/C21H15Cl2NO2/c1-13-6-2-3-7-15(13)21(26)24-19-11-10-14(22)12-17(19)20(25)16-8-4-5-9-18(16)23/h2-12H,1H3,(H,24,26). The van der Waals surface area contributed by atoms with Gasteiger partial charge in [-0.3, -0.25) is 9.59 Å². The fourth-order valence-corrected chi connectivity index (χ4v) is 3.01. The predicted molar refractivity (Wildman–Crippen MR) is 105 cm³/mol. The van der Waals surface area contributed by atoms with Gasteiger partial charge in [0.2, 0.25) is 0 Å². The van der Waals surface area contributed by atoms with Crippen molar-refractivity contribution in [2.45, 2.75) is 6.92 Å². The molecule has 0 bridgehead atoms. The highest BCUT2D eigenvalue weighted by molar-refractivity contribution is 6.36. The summed E-state index contributed by atoms with van der Waals surface area (Å²) in [5.74, 6) is -0.600. The van der Waals surface area contributed by atoms with Gasteiger partial charge in [0, 0.05) is 21.7 Å². The van der Waals surface area contributed by atoms with Crippen LogP contribution in [0.2, 0.25) is 10.0 Å². The molecule has 5 heteroatoms. The van der Waals surface area contributed by atoms with Gasteiger partial charge in [-0.15, -0.1) is 0 Å². The van der Waals surface area contributed by atoms with Gasteiger partial charge in [0.15, 0.2) is 5.78 Å². The monoisotopic (exact) mass is 383 g/mol. The second-order valence-electron chi connectivity index (χ2n) is 5.77. The number of amides is 1. The smallest absolute Gasteiger partial charge is 0.255 e. The fraction of sp³-hybridized carbons (Fsp3) is 0.0476. The third-order valence-electron chi connectivity index (χ3n) is 3.98. The van der Waals surface area contributed by atoms with E-state index in [0.29, 0.717) is 26.9 Å². The van der Waals surface area contributed by atoms with Gasteiger partial charge < -0.3 is 5.32 Å². The van der Waals surface area contributed by atoms with Crippen LogP contribution in [0.1, 0.15) is 31.8 Å². The quantitative estimate of drug-likeness (QED) is 0.579. The van der Waals surface area contributed by atoms with Gasteiger partial charge in [-0.2, -0.15) is 0 Å². The molecule has 1 amide bonds. The van der Waals surface area contributed by atoms with E-state index in [9.17, 15) is 9.59 Å². The Hall–Kier alpha value is -2.62. The minimum atomic E-state index is -0.307. The molecule has 0 radical (unpaired) electrons. The molecule has 0 spiro atoms. The molecule has 0 aliphatic heterocycles. The summed E-state index contributed by atoms with van der Waals surface area (Å²) in [6.07, 6.45) is 0. The lowest BCUT2D eigenvalue weighted by atomic mass is 10.0. The SMILES string of the molecule is Cc1ccccc1C(=O)Nc1ccc(Cl)cc1C(=O)c1ccccc1Cl. The van der Waals surface area contributed by atoms with Crippen LogP contribution >= 0.6 is 23.2 Å². The molecule has 1 N–H and O–H groups in total. The summed E-state index contributed by atoms with van der Waals surface area (Å²) in [4.78, 5) is 25.5. The zero-order valence-electron chi connectivity index (χ0n) is 13.9. The third kappa shape index (κ3) is 3.79. The van der Waals surface area contributed by atoms with Gasteiger partial charge in [-0.25, -0.2) is 0 Å². The Morgan fingerprint density at radius 1 is 0.808 bits per heavy atom. The van der Waals surface area contributed by atoms with Crippen LogP contribution in [0.4, 0.5) is 5.69 Å². The summed E-state index contributed by atoms with van der Waals surface area (Å²) in [5, 5.41) is 3.54. The molecule has 0 fully saturated rings. The summed E-state index contributed by atoms with van der Waals surface area (Å²) in [6, 6.07) is 18.8. The van der Waals surface area contributed by atoms with Gasteiger partial charge in [0.25, 0.3) is 5.91 Å². The number of hydrogen-bond donors (Lipinski definition) is 1. The first-order valence-corrected chi connectivity index (χ1v) is 8.68. The third-order valence-corrected chi connectivity index (χ3v) is 4.55. The number of anilines is 1. The molecule has 3 aromatic carbocycles. The maximum atomic E-state index is 12.9. The van der Waals surface area contributed by atoms with Crippen molar-refractivity contribution in [2.24, 2.45) is 0 Å². The van der Waals surface area contributed by atoms with Crippen molar-refractivity contribution in [3.8, 4) is 0 Å². The molecule has 3 nitrogen and oxygen atoms in total. The summed E-state index contributed by atoms with van der Waals surface area (Å²) < 4.78 is 0. The van der Waals surface area contributed by atoms with Crippen molar-refractivity contribution >= 4 is 40.6 Å². The molecule has 3 rings (SSSR count). The highest BCUT2D eigenvalue weighted by Gasteiger charge is 2.19. The van der Waals surface area contributed by atoms with Crippen LogP contribution in [-0.2, 0) is 0 Å². The Balaban J connectivity index is 1.99. The van der Waals surface area contributed by atoms with Crippen molar-refractivity contribution in [1.29, 1.82) is 0 Å². The van der Waals surface area contributed by atoms with Gasteiger partial charge >= 0.3 is 0 Å². The molecule has 0 saturated heterocycles. The first-order chi connectivity index (χ1) is 12.5. The highest BCUT2D eigenvalue weighted by atomic mass is 35.5. The van der Waals surface area contributed by atoms with Crippen LogP contribution in [0.3, 0.4) is 0 Å². The molecule has 0 aliphatic rings. The summed E-state index contributed by atoms with van der Waals surface area (Å²) in [6.45, 7) is 1.85. The van der Waals surface area contributed by atoms with E-state index >= 15 is 0 Å². The van der Waals surface area contributed by atoms with Crippen LogP contribution < -0.4 is 5.32 Å². The molecule has 0 aromatic heterocycles. The lowest BCUT2D eigenvalue weighted by Gasteiger charge is -2.13. The molecule has 0 unspecified atom stereocenters. The van der Waals surface area contributed by atoms with Gasteiger partial charge in [0.1, 0.15) is 0 Å². The van der Waals surface area contributed by atoms with Crippen molar-refractivity contribution in [3.63, 3.8) is 0 Å². The summed E-state index contributed by atoms with van der Waals surface area (Å²) in [5.41, 5.74) is 2.40. The highest BCUT2D eigenvalue weighted by Crippen LogP contribution is 2.27. The second kappa shape index (κ2) is 7.73. The molecular formula is C21H15Cl2NO2. The molecule has 130 valence electrons. The van der Waals surface area contributed by atoms with Gasteiger partial charge in [-0.1, -0.05) is 53.5 Å². The zero-order chi connectivity index (χ0) is 18.7. The number of rotatable bonds is 4. The van der Waals surface area contributed by atoms with E-state index in [1.54, 1.807) is 48.5 Å². The number of halogens is 2. The Kier molecular flexibility index (Phi) is 5.40. The second-order valence-corrected chi connectivity index (χ2v) is 6.61. The minimum absolute atomic E-state index is 0.285. The van der Waals surface area contributed by atoms with Crippen molar-refractivity contribution in [3.05, 3.63) is 99.0 Å². The van der Waals surface area contributed by atoms with Crippen molar-refractivity contribution < 1.29 is 9.59 Å². The van der Waals surface area contributed by atoms with Crippen LogP contribution in [0.15, 0.2) is 66.7 Å². The maximum Gasteiger partial charge on any atom is 0.255 e. The van der Waals surface area contributed by atoms with Crippen LogP contribution in [0, 0.1) is 6.92 Å². The Morgan fingerprint density at radius 2 is 1.46 bits per heavy atom. The van der Waals surface area contributed by atoms with E-state index in [1.807, 2.05) is 19.1 Å². The molecule has 26 heavy (non-hydrogen) atoms. The number of nitrogens with one attached hydrogen (secondary N) is 1. The van der Waals surface area contributed by atoms with Crippen LogP contribution in [0.25, 0.3) is 0 Å². The zero-order valence-corrected chi connectivity index (χ0v) is 15.4. The predicted octanol–water partition coefficient (Wildman–Crippen LogP) is 5.79. The lowest BCUT2D eigenvalue weighted by molar-refractivity contribution is 0.102. The van der Waals surface area contributed by atoms with Gasteiger partial charge in [0.05, 0.1) is 10.7 Å². The molecule has 0 heterocycles. The number of carbonyl (C=O) groups is 2. The molecular weight excluding hydrogens is 369 g/mol. The maximum absolute atomic E-state index is 12.9. The van der Waals surface area contributed by atoms with E-state index in [4.69, 9.17) is 23.2 Å². The van der Waals surface area contributed by atoms with E-state index in [1.165, 1.54) is 6.07 Å². The number of ketones is 1. The number of hydrogen-bond acceptors (Lipinski definition) is 2. The van der Waals surface area contributed by atoms with Crippen molar-refractivity contribution in [1.82, 2.24) is 0 Å². The largest absolute Gasteiger partial charge is 0.321 e. The molecule has 0 saturated carbocycles. The number of aryl methyl sites for hydroxylation is 1. The molecule has 0 aliphatic carbocycles. The molecule has 0 atom stereocenters. The van der Waals surface area contributed by atoms with Crippen molar-refractivity contribution in [2.75, 3.05) is 5.32 Å². The van der Waals surface area contributed by atoms with Crippen LogP contribution in [-0.4, -0.2) is 11.7 Å². The van der Waals surface area contributed by atoms with E-state index in [2.05, 4.69) is 5.32 Å². The summed E-state index contributed by atoms with van der Waals surface area (Å²) >= 11 is 12.2. The van der Waals surface area contributed by atoms with E-state index in [-0.39, 0.29) is 17.3 Å². The normalized spacial score (nSPS) is 10.4. The minimum Gasteiger partial charge on any atom is -0.321 e. The lowest BCUT2D eigenvalue weighted by Crippen LogP contribution is -2.16. The van der Waals surface area contributed by atoms with E-state index in [0.717, 1.165) is 5.56 Å². The first-order valence-electron chi connectivity index (χ1n) is 7.93.